The topological polar surface area (TPSA) is 38.7 Å². The van der Waals surface area contributed by atoms with Crippen molar-refractivity contribution in [2.75, 3.05) is 0 Å². The lowest BCUT2D eigenvalue weighted by Gasteiger charge is -2.00. The predicted molar refractivity (Wildman–Crippen MR) is 59.7 cm³/mol. The van der Waals surface area contributed by atoms with E-state index < -0.39 is 6.09 Å². The minimum atomic E-state index is -0.552. The predicted octanol–water partition coefficient (Wildman–Crippen LogP) is 3.01. The summed E-state index contributed by atoms with van der Waals surface area (Å²) >= 11 is 0. The Kier molecular flexibility index (Phi) is 5.15. The smallest absolute Gasteiger partial charge is 0.433 e. The number of hydrogen-bond acceptors (Lipinski definition) is 2. The van der Waals surface area contributed by atoms with Gasteiger partial charge in [0.15, 0.2) is 0 Å². The molecule has 0 unspecified atom stereocenters. The van der Waals surface area contributed by atoms with Crippen molar-refractivity contribution in [2.45, 2.75) is 20.0 Å². The summed E-state index contributed by atoms with van der Waals surface area (Å²) in [6.45, 7) is 2.24. The molecule has 0 bridgehead atoms. The van der Waals surface area contributed by atoms with Crippen molar-refractivity contribution in [3.05, 3.63) is 42.3 Å². The first-order valence-corrected chi connectivity index (χ1v) is 4.89. The molecule has 0 aromatic heterocycles. The second kappa shape index (κ2) is 6.76. The fraction of sp³-hybridized carbons (Fsp3) is 0.250. The van der Waals surface area contributed by atoms with Crippen molar-refractivity contribution in [1.82, 2.24) is 0 Å². The molecule has 0 aliphatic heterocycles. The van der Waals surface area contributed by atoms with Crippen LogP contribution >= 0.6 is 0 Å². The molecule has 79 valence electrons. The Morgan fingerprint density at radius 1 is 1.40 bits per heavy atom. The van der Waals surface area contributed by atoms with Crippen LogP contribution in [0.2, 0.25) is 0 Å². The molecule has 1 aromatic rings. The molecule has 1 amide bonds. The van der Waals surface area contributed by atoms with Crippen LogP contribution in [-0.2, 0) is 11.3 Å². The minimum Gasteiger partial charge on any atom is -0.443 e. The highest BCUT2D eigenvalue weighted by Crippen LogP contribution is 2.01. The van der Waals surface area contributed by atoms with Gasteiger partial charge in [0.05, 0.1) is 0 Å². The number of ether oxygens (including phenoxy) is 1. The highest BCUT2D eigenvalue weighted by atomic mass is 16.5. The summed E-state index contributed by atoms with van der Waals surface area (Å²) < 4.78 is 4.92. The molecule has 0 aliphatic carbocycles. The van der Waals surface area contributed by atoms with E-state index >= 15 is 0 Å². The van der Waals surface area contributed by atoms with Crippen LogP contribution in [0.25, 0.3) is 0 Å². The molecule has 0 saturated carbocycles. The van der Waals surface area contributed by atoms with E-state index in [1.807, 2.05) is 37.3 Å². The summed E-state index contributed by atoms with van der Waals surface area (Å²) in [7, 11) is 0. The zero-order valence-corrected chi connectivity index (χ0v) is 8.72. The van der Waals surface area contributed by atoms with Crippen LogP contribution in [0.1, 0.15) is 18.9 Å². The molecule has 0 heterocycles. The Bertz CT molecular complexity index is 320. The van der Waals surface area contributed by atoms with E-state index in [0.717, 1.165) is 12.0 Å². The molecular formula is C12H14NO2. The highest BCUT2D eigenvalue weighted by Gasteiger charge is 1.98. The number of hydrogen-bond donors (Lipinski definition) is 0. The molecular weight excluding hydrogens is 190 g/mol. The lowest BCUT2D eigenvalue weighted by atomic mass is 10.2. The van der Waals surface area contributed by atoms with E-state index in [1.54, 1.807) is 6.42 Å². The molecule has 15 heavy (non-hydrogen) atoms. The number of nitrogens with zero attached hydrogens (tertiary/aromatic N) is 1. The van der Waals surface area contributed by atoms with Crippen LogP contribution in [0.4, 0.5) is 4.79 Å². The van der Waals surface area contributed by atoms with Crippen molar-refractivity contribution in [1.29, 1.82) is 0 Å². The maximum absolute atomic E-state index is 11.1. The molecule has 0 spiro atoms. The molecule has 0 atom stereocenters. The number of benzene rings is 1. The maximum Gasteiger partial charge on any atom is 0.433 e. The van der Waals surface area contributed by atoms with Crippen LogP contribution < -0.4 is 0 Å². The van der Waals surface area contributed by atoms with Crippen LogP contribution in [-0.4, -0.2) is 12.3 Å². The van der Waals surface area contributed by atoms with Gasteiger partial charge in [0.2, 0.25) is 0 Å². The van der Waals surface area contributed by atoms with E-state index in [-0.39, 0.29) is 6.61 Å². The molecule has 3 heteroatoms. The summed E-state index contributed by atoms with van der Waals surface area (Å²) in [5.41, 5.74) is 0.959. The average molecular weight is 204 g/mol. The highest BCUT2D eigenvalue weighted by molar-refractivity contribution is 5.82. The Labute approximate surface area is 89.8 Å². The quantitative estimate of drug-likeness (QED) is 0.707. The number of carbonyl (C=O) groups excluding carboxylic acids is 1. The zero-order chi connectivity index (χ0) is 10.9. The van der Waals surface area contributed by atoms with E-state index in [2.05, 4.69) is 4.99 Å². The normalized spacial score (nSPS) is 10.5. The minimum absolute atomic E-state index is 0.267. The molecule has 1 aromatic carbocycles. The number of carbonyl (C=O) groups is 1. The molecule has 0 saturated heterocycles. The monoisotopic (exact) mass is 204 g/mol. The summed E-state index contributed by atoms with van der Waals surface area (Å²) in [5, 5.41) is 0. The third-order valence-electron chi connectivity index (χ3n) is 1.73. The largest absolute Gasteiger partial charge is 0.443 e. The van der Waals surface area contributed by atoms with Crippen molar-refractivity contribution in [3.63, 3.8) is 0 Å². The molecule has 3 nitrogen and oxygen atoms in total. The maximum atomic E-state index is 11.1. The van der Waals surface area contributed by atoms with E-state index in [1.165, 1.54) is 6.21 Å². The van der Waals surface area contributed by atoms with E-state index in [0.29, 0.717) is 0 Å². The van der Waals surface area contributed by atoms with Gasteiger partial charge in [0.1, 0.15) is 6.61 Å². The standard InChI is InChI=1S/C12H14NO2/c1-2-3-9-13-12(14)15-10-11-7-5-4-6-8-11/h3-9H,2,10H2,1H3. The Morgan fingerprint density at radius 3 is 2.80 bits per heavy atom. The van der Waals surface area contributed by atoms with Gasteiger partial charge in [-0.05, 0) is 12.0 Å². The van der Waals surface area contributed by atoms with Gasteiger partial charge in [0, 0.05) is 12.6 Å². The van der Waals surface area contributed by atoms with E-state index in [4.69, 9.17) is 4.74 Å². The Morgan fingerprint density at radius 2 is 2.13 bits per heavy atom. The van der Waals surface area contributed by atoms with Gasteiger partial charge in [-0.15, -0.1) is 0 Å². The second-order valence-corrected chi connectivity index (χ2v) is 2.96. The molecule has 0 fully saturated rings. The first-order valence-electron chi connectivity index (χ1n) is 4.89. The van der Waals surface area contributed by atoms with E-state index in [9.17, 15) is 4.79 Å². The summed E-state index contributed by atoms with van der Waals surface area (Å²) in [6.07, 6.45) is 3.57. The third kappa shape index (κ3) is 4.96. The van der Waals surface area contributed by atoms with Crippen LogP contribution in [0.3, 0.4) is 0 Å². The average Bonchev–Trinajstić information content (AvgIpc) is 2.28. The zero-order valence-electron chi connectivity index (χ0n) is 8.72. The molecule has 1 rings (SSSR count). The van der Waals surface area contributed by atoms with Gasteiger partial charge in [-0.25, -0.2) is 4.79 Å². The molecule has 1 radical (unpaired) electrons. The van der Waals surface area contributed by atoms with Gasteiger partial charge in [0.25, 0.3) is 0 Å². The Hall–Kier alpha value is -1.64. The number of unbranched alkanes of at least 4 members (excludes halogenated alkanes) is 1. The molecule has 0 N–H and O–H groups in total. The van der Waals surface area contributed by atoms with Crippen LogP contribution in [0.15, 0.2) is 35.3 Å². The van der Waals surface area contributed by atoms with Gasteiger partial charge in [-0.1, -0.05) is 37.3 Å². The van der Waals surface area contributed by atoms with Gasteiger partial charge in [-0.2, -0.15) is 4.99 Å². The first kappa shape index (κ1) is 11.4. The Balaban J connectivity index is 2.28. The lowest BCUT2D eigenvalue weighted by molar-refractivity contribution is 0.151. The van der Waals surface area contributed by atoms with Gasteiger partial charge < -0.3 is 4.74 Å². The van der Waals surface area contributed by atoms with Crippen molar-refractivity contribution < 1.29 is 9.53 Å². The van der Waals surface area contributed by atoms with Crippen molar-refractivity contribution in [2.24, 2.45) is 4.99 Å². The lowest BCUT2D eigenvalue weighted by Crippen LogP contribution is -1.99. The summed E-state index contributed by atoms with van der Waals surface area (Å²) in [6, 6.07) is 9.51. The number of amides is 1. The number of aliphatic imine (C=N–C) groups is 1. The SMILES string of the molecule is CC[CH]C=NC(=O)OCc1ccccc1. The third-order valence-corrected chi connectivity index (χ3v) is 1.73. The summed E-state index contributed by atoms with van der Waals surface area (Å²) in [4.78, 5) is 14.6. The number of rotatable bonds is 4. The first-order chi connectivity index (χ1) is 7.33. The van der Waals surface area contributed by atoms with Gasteiger partial charge in [-0.3, -0.25) is 0 Å². The molecule has 0 aliphatic rings. The van der Waals surface area contributed by atoms with Crippen molar-refractivity contribution in [3.8, 4) is 0 Å². The fourth-order valence-corrected chi connectivity index (χ4v) is 0.976. The fourth-order valence-electron chi connectivity index (χ4n) is 0.976. The van der Waals surface area contributed by atoms with Crippen LogP contribution in [0, 0.1) is 6.42 Å². The van der Waals surface area contributed by atoms with Crippen LogP contribution in [0.5, 0.6) is 0 Å². The van der Waals surface area contributed by atoms with Gasteiger partial charge >= 0.3 is 6.09 Å². The van der Waals surface area contributed by atoms with Crippen molar-refractivity contribution >= 4 is 12.3 Å². The summed E-state index contributed by atoms with van der Waals surface area (Å²) in [5.74, 6) is 0. The second-order valence-electron chi connectivity index (χ2n) is 2.96.